The van der Waals surface area contributed by atoms with E-state index < -0.39 is 6.04 Å². The minimum absolute atomic E-state index is 0.109. The van der Waals surface area contributed by atoms with Crippen LogP contribution in [0.5, 0.6) is 5.75 Å². The molecule has 0 radical (unpaired) electrons. The van der Waals surface area contributed by atoms with Crippen molar-refractivity contribution in [1.29, 1.82) is 0 Å². The number of carbonyl (C=O) groups is 2. The summed E-state index contributed by atoms with van der Waals surface area (Å²) in [7, 11) is 1.61. The molecule has 1 N–H and O–H groups in total. The smallest absolute Gasteiger partial charge is 0.242 e. The van der Waals surface area contributed by atoms with Crippen LogP contribution >= 0.6 is 23.4 Å². The van der Waals surface area contributed by atoms with Gasteiger partial charge in [0.25, 0.3) is 0 Å². The number of methoxy groups -OCH3 is 1. The van der Waals surface area contributed by atoms with Crippen LogP contribution in [0.4, 0.5) is 0 Å². The molecule has 0 heterocycles. The number of benzene rings is 2. The van der Waals surface area contributed by atoms with Gasteiger partial charge in [-0.2, -0.15) is 0 Å². The summed E-state index contributed by atoms with van der Waals surface area (Å²) in [6, 6.07) is 14.2. The maximum atomic E-state index is 13.1. The van der Waals surface area contributed by atoms with Gasteiger partial charge in [-0.25, -0.2) is 0 Å². The van der Waals surface area contributed by atoms with E-state index in [-0.39, 0.29) is 23.1 Å². The molecule has 0 aliphatic rings. The number of nitrogens with zero attached hydrogens (tertiary/aromatic N) is 1. The van der Waals surface area contributed by atoms with Crippen molar-refractivity contribution in [3.8, 4) is 5.75 Å². The monoisotopic (exact) mass is 448 g/mol. The molecule has 0 bridgehead atoms. The van der Waals surface area contributed by atoms with E-state index in [0.29, 0.717) is 11.6 Å². The molecule has 0 aliphatic heterocycles. The summed E-state index contributed by atoms with van der Waals surface area (Å²) in [6.07, 6.45) is 0. The first-order valence-corrected chi connectivity index (χ1v) is 11.1. The Labute approximate surface area is 188 Å². The molecule has 0 spiro atoms. The number of thioether (sulfide) groups is 1. The van der Waals surface area contributed by atoms with Crippen molar-refractivity contribution in [3.05, 3.63) is 59.1 Å². The third-order valence-corrected chi connectivity index (χ3v) is 5.60. The highest BCUT2D eigenvalue weighted by Gasteiger charge is 2.28. The van der Waals surface area contributed by atoms with Gasteiger partial charge in [-0.1, -0.05) is 23.7 Å². The van der Waals surface area contributed by atoms with Gasteiger partial charge in [-0.05, 0) is 69.7 Å². The van der Waals surface area contributed by atoms with E-state index >= 15 is 0 Å². The van der Waals surface area contributed by atoms with Crippen molar-refractivity contribution in [3.63, 3.8) is 0 Å². The van der Waals surface area contributed by atoms with Crippen LogP contribution in [0, 0.1) is 0 Å². The van der Waals surface area contributed by atoms with Crippen molar-refractivity contribution < 1.29 is 14.3 Å². The Bertz CT molecular complexity index is 848. The van der Waals surface area contributed by atoms with Crippen LogP contribution in [0.15, 0.2) is 53.4 Å². The fourth-order valence-corrected chi connectivity index (χ4v) is 3.65. The summed E-state index contributed by atoms with van der Waals surface area (Å²) in [6.45, 7) is 7.86. The van der Waals surface area contributed by atoms with Gasteiger partial charge in [0.2, 0.25) is 11.8 Å². The summed E-state index contributed by atoms with van der Waals surface area (Å²) in [5, 5.41) is 3.62. The SMILES string of the molecule is COc1ccc(CN(C(=O)CSc2ccc(Cl)cc2)[C@@H](C)C(=O)NC(C)(C)C)cc1. The first-order chi connectivity index (χ1) is 14.1. The zero-order valence-corrected chi connectivity index (χ0v) is 19.6. The minimum Gasteiger partial charge on any atom is -0.497 e. The average Bonchev–Trinajstić information content (AvgIpc) is 2.70. The zero-order valence-electron chi connectivity index (χ0n) is 18.1. The summed E-state index contributed by atoms with van der Waals surface area (Å²) >= 11 is 7.35. The van der Waals surface area contributed by atoms with Gasteiger partial charge < -0.3 is 15.0 Å². The van der Waals surface area contributed by atoms with Crippen LogP contribution in [0.3, 0.4) is 0 Å². The van der Waals surface area contributed by atoms with E-state index in [2.05, 4.69) is 5.32 Å². The molecule has 2 aromatic carbocycles. The third kappa shape index (κ3) is 7.58. The number of rotatable bonds is 8. The molecule has 2 rings (SSSR count). The topological polar surface area (TPSA) is 58.6 Å². The molecule has 2 aromatic rings. The lowest BCUT2D eigenvalue weighted by atomic mass is 10.1. The maximum absolute atomic E-state index is 13.1. The molecule has 0 unspecified atom stereocenters. The van der Waals surface area contributed by atoms with Gasteiger partial charge in [-0.15, -0.1) is 11.8 Å². The molecule has 0 aromatic heterocycles. The zero-order chi connectivity index (χ0) is 22.3. The standard InChI is InChI=1S/C23H29ClN2O3S/c1-16(22(28)25-23(2,3)4)26(14-17-6-10-19(29-5)11-7-17)21(27)15-30-20-12-8-18(24)9-13-20/h6-13,16H,14-15H2,1-5H3,(H,25,28)/t16-/m0/s1. The number of hydrogen-bond acceptors (Lipinski definition) is 4. The second-order valence-corrected chi connectivity index (χ2v) is 9.51. The fraction of sp³-hybridized carbons (Fsp3) is 0.391. The highest BCUT2D eigenvalue weighted by atomic mass is 35.5. The van der Waals surface area contributed by atoms with Crippen LogP contribution in [0.25, 0.3) is 0 Å². The van der Waals surface area contributed by atoms with Gasteiger partial charge in [0.05, 0.1) is 12.9 Å². The van der Waals surface area contributed by atoms with Crippen molar-refractivity contribution in [2.75, 3.05) is 12.9 Å². The number of amides is 2. The number of hydrogen-bond donors (Lipinski definition) is 1. The summed E-state index contributed by atoms with van der Waals surface area (Å²) < 4.78 is 5.20. The number of ether oxygens (including phenoxy) is 1. The predicted molar refractivity (Wildman–Crippen MR) is 123 cm³/mol. The van der Waals surface area contributed by atoms with Crippen molar-refractivity contribution in [2.24, 2.45) is 0 Å². The Hall–Kier alpha value is -2.18. The lowest BCUT2D eigenvalue weighted by Gasteiger charge is -2.31. The van der Waals surface area contributed by atoms with Crippen molar-refractivity contribution in [1.82, 2.24) is 10.2 Å². The number of carbonyl (C=O) groups excluding carboxylic acids is 2. The maximum Gasteiger partial charge on any atom is 0.242 e. The van der Waals surface area contributed by atoms with Gasteiger partial charge in [-0.3, -0.25) is 9.59 Å². The molecular weight excluding hydrogens is 420 g/mol. The highest BCUT2D eigenvalue weighted by molar-refractivity contribution is 8.00. The molecule has 162 valence electrons. The Morgan fingerprint density at radius 2 is 1.70 bits per heavy atom. The van der Waals surface area contributed by atoms with Gasteiger partial charge in [0.1, 0.15) is 11.8 Å². The molecule has 5 nitrogen and oxygen atoms in total. The second kappa shape index (κ2) is 10.7. The van der Waals surface area contributed by atoms with Gasteiger partial charge >= 0.3 is 0 Å². The first kappa shape index (κ1) is 24.1. The van der Waals surface area contributed by atoms with Crippen LogP contribution in [-0.4, -0.2) is 41.2 Å². The summed E-state index contributed by atoms with van der Waals surface area (Å²) in [5.74, 6) is 0.682. The Balaban J connectivity index is 2.16. The average molecular weight is 449 g/mol. The quantitative estimate of drug-likeness (QED) is 0.591. The van der Waals surface area contributed by atoms with E-state index in [0.717, 1.165) is 16.2 Å². The molecule has 0 saturated carbocycles. The summed E-state index contributed by atoms with van der Waals surface area (Å²) in [4.78, 5) is 28.4. The summed E-state index contributed by atoms with van der Waals surface area (Å²) in [5.41, 5.74) is 0.550. The molecule has 30 heavy (non-hydrogen) atoms. The largest absolute Gasteiger partial charge is 0.497 e. The van der Waals surface area contributed by atoms with Gasteiger partial charge in [0, 0.05) is 22.0 Å². The van der Waals surface area contributed by atoms with E-state index in [9.17, 15) is 9.59 Å². The van der Waals surface area contributed by atoms with Crippen LogP contribution in [-0.2, 0) is 16.1 Å². The first-order valence-electron chi connectivity index (χ1n) is 9.72. The van der Waals surface area contributed by atoms with E-state index in [1.54, 1.807) is 31.1 Å². The Morgan fingerprint density at radius 1 is 1.10 bits per heavy atom. The lowest BCUT2D eigenvalue weighted by Crippen LogP contribution is -2.52. The number of nitrogens with one attached hydrogen (secondary N) is 1. The Morgan fingerprint density at radius 3 is 2.23 bits per heavy atom. The normalized spacial score (nSPS) is 12.2. The fourth-order valence-electron chi connectivity index (χ4n) is 2.74. The molecule has 0 saturated heterocycles. The molecule has 2 amide bonds. The third-order valence-electron chi connectivity index (χ3n) is 4.35. The molecular formula is C23H29ClN2O3S. The predicted octanol–water partition coefficient (Wildman–Crippen LogP) is 4.77. The van der Waals surface area contributed by atoms with Crippen LogP contribution < -0.4 is 10.1 Å². The molecule has 1 atom stereocenters. The van der Waals surface area contributed by atoms with Crippen LogP contribution in [0.2, 0.25) is 5.02 Å². The highest BCUT2D eigenvalue weighted by Crippen LogP contribution is 2.22. The molecule has 0 aliphatic carbocycles. The van der Waals surface area contributed by atoms with E-state index in [1.807, 2.05) is 57.2 Å². The molecule has 0 fully saturated rings. The van der Waals surface area contributed by atoms with Crippen LogP contribution in [0.1, 0.15) is 33.3 Å². The minimum atomic E-state index is -0.607. The van der Waals surface area contributed by atoms with Gasteiger partial charge in [0.15, 0.2) is 0 Å². The number of halogens is 1. The van der Waals surface area contributed by atoms with E-state index in [4.69, 9.17) is 16.3 Å². The van der Waals surface area contributed by atoms with Crippen molar-refractivity contribution in [2.45, 2.75) is 50.7 Å². The Kier molecular flexibility index (Phi) is 8.62. The van der Waals surface area contributed by atoms with Crippen molar-refractivity contribution >= 4 is 35.2 Å². The second-order valence-electron chi connectivity index (χ2n) is 8.03. The lowest BCUT2D eigenvalue weighted by molar-refractivity contribution is -0.139. The molecule has 7 heteroatoms. The van der Waals surface area contributed by atoms with E-state index in [1.165, 1.54) is 11.8 Å².